The van der Waals surface area contributed by atoms with Crippen molar-refractivity contribution in [3.8, 4) is 0 Å². The second-order valence-corrected chi connectivity index (χ2v) is 4.70. The van der Waals surface area contributed by atoms with E-state index in [1.54, 1.807) is 6.20 Å². The Balaban J connectivity index is 2.28. The first-order chi connectivity index (χ1) is 8.61. The van der Waals surface area contributed by atoms with Crippen LogP contribution in [0, 0.1) is 20.8 Å². The first-order valence-electron chi connectivity index (χ1n) is 6.00. The van der Waals surface area contributed by atoms with Crippen LogP contribution in [-0.2, 0) is 6.42 Å². The molecule has 1 aromatic carbocycles. The molecule has 5 heteroatoms. The minimum atomic E-state index is -0.0242. The molecule has 0 amide bonds. The number of nitrogens with two attached hydrogens (primary N) is 1. The van der Waals surface area contributed by atoms with Gasteiger partial charge in [0.2, 0.25) is 0 Å². The summed E-state index contributed by atoms with van der Waals surface area (Å²) >= 11 is 0. The molecule has 1 atom stereocenters. The average Bonchev–Trinajstić information content (AvgIpc) is 2.81. The SMILES string of the molecule is Cc1cc(C)c(CC(NN)c2cn[nH]n2)c(C)c1. The van der Waals surface area contributed by atoms with Gasteiger partial charge in [-0.25, -0.2) is 0 Å². The molecule has 0 fully saturated rings. The first-order valence-corrected chi connectivity index (χ1v) is 6.00. The summed E-state index contributed by atoms with van der Waals surface area (Å²) in [6.07, 6.45) is 2.50. The molecule has 2 aromatic rings. The third kappa shape index (κ3) is 2.57. The van der Waals surface area contributed by atoms with E-state index in [1.807, 2.05) is 0 Å². The summed E-state index contributed by atoms with van der Waals surface area (Å²) in [6, 6.07) is 4.36. The fraction of sp³-hybridized carbons (Fsp3) is 0.385. The number of hydrogen-bond donors (Lipinski definition) is 3. The van der Waals surface area contributed by atoms with E-state index in [9.17, 15) is 0 Å². The second kappa shape index (κ2) is 5.29. The second-order valence-electron chi connectivity index (χ2n) is 4.70. The maximum absolute atomic E-state index is 5.61. The van der Waals surface area contributed by atoms with E-state index in [0.717, 1.165) is 12.1 Å². The number of hydrogen-bond acceptors (Lipinski definition) is 4. The summed E-state index contributed by atoms with van der Waals surface area (Å²) in [5.41, 5.74) is 8.80. The highest BCUT2D eigenvalue weighted by Gasteiger charge is 2.16. The van der Waals surface area contributed by atoms with Gasteiger partial charge in [-0.15, -0.1) is 0 Å². The Hall–Kier alpha value is -1.72. The van der Waals surface area contributed by atoms with Gasteiger partial charge in [-0.05, 0) is 43.9 Å². The van der Waals surface area contributed by atoms with E-state index >= 15 is 0 Å². The maximum Gasteiger partial charge on any atom is 0.101 e. The number of nitrogens with zero attached hydrogens (tertiary/aromatic N) is 2. The lowest BCUT2D eigenvalue weighted by Crippen LogP contribution is -2.30. The lowest BCUT2D eigenvalue weighted by molar-refractivity contribution is 0.535. The van der Waals surface area contributed by atoms with Crippen LogP contribution >= 0.6 is 0 Å². The summed E-state index contributed by atoms with van der Waals surface area (Å²) < 4.78 is 0. The van der Waals surface area contributed by atoms with Crippen molar-refractivity contribution >= 4 is 0 Å². The molecule has 1 unspecified atom stereocenters. The van der Waals surface area contributed by atoms with Gasteiger partial charge in [0.05, 0.1) is 12.2 Å². The van der Waals surface area contributed by atoms with E-state index in [2.05, 4.69) is 53.7 Å². The van der Waals surface area contributed by atoms with Crippen molar-refractivity contribution in [2.75, 3.05) is 0 Å². The fourth-order valence-electron chi connectivity index (χ4n) is 2.36. The van der Waals surface area contributed by atoms with Crippen LogP contribution in [0.4, 0.5) is 0 Å². The molecule has 18 heavy (non-hydrogen) atoms. The highest BCUT2D eigenvalue weighted by molar-refractivity contribution is 5.38. The van der Waals surface area contributed by atoms with Gasteiger partial charge in [-0.2, -0.15) is 15.4 Å². The molecule has 0 radical (unpaired) electrons. The fourth-order valence-corrected chi connectivity index (χ4v) is 2.36. The average molecular weight is 245 g/mol. The largest absolute Gasteiger partial charge is 0.271 e. The Bertz CT molecular complexity index is 495. The van der Waals surface area contributed by atoms with Gasteiger partial charge in [-0.1, -0.05) is 17.7 Å². The minimum Gasteiger partial charge on any atom is -0.271 e. The molecule has 0 aliphatic heterocycles. The predicted molar refractivity (Wildman–Crippen MR) is 70.8 cm³/mol. The standard InChI is InChI=1S/C13H19N5/c1-8-4-9(2)11(10(3)5-8)6-12(16-14)13-7-15-18-17-13/h4-5,7,12,16H,6,14H2,1-3H3,(H,15,17,18). The molecule has 96 valence electrons. The quantitative estimate of drug-likeness (QED) is 0.563. The Kier molecular flexibility index (Phi) is 3.74. The van der Waals surface area contributed by atoms with Crippen molar-refractivity contribution in [3.63, 3.8) is 0 Å². The zero-order valence-electron chi connectivity index (χ0n) is 11.0. The molecule has 0 saturated heterocycles. The van der Waals surface area contributed by atoms with Gasteiger partial charge in [-0.3, -0.25) is 11.3 Å². The summed E-state index contributed by atoms with van der Waals surface area (Å²) in [5, 5.41) is 10.5. The van der Waals surface area contributed by atoms with Crippen molar-refractivity contribution in [3.05, 3.63) is 46.3 Å². The Morgan fingerprint density at radius 3 is 2.44 bits per heavy atom. The molecule has 0 spiro atoms. The third-order valence-corrected chi connectivity index (χ3v) is 3.24. The predicted octanol–water partition coefficient (Wildman–Crippen LogP) is 1.48. The number of nitrogens with one attached hydrogen (secondary N) is 2. The van der Waals surface area contributed by atoms with E-state index in [1.165, 1.54) is 22.3 Å². The molecule has 4 N–H and O–H groups in total. The van der Waals surface area contributed by atoms with E-state index in [-0.39, 0.29) is 6.04 Å². The Labute approximate surface area is 107 Å². The van der Waals surface area contributed by atoms with Crippen molar-refractivity contribution in [1.82, 2.24) is 20.8 Å². The van der Waals surface area contributed by atoms with Crippen LogP contribution in [0.3, 0.4) is 0 Å². The van der Waals surface area contributed by atoms with Gasteiger partial charge < -0.3 is 0 Å². The normalized spacial score (nSPS) is 12.7. The van der Waals surface area contributed by atoms with Crippen LogP contribution in [0.5, 0.6) is 0 Å². The van der Waals surface area contributed by atoms with Crippen molar-refractivity contribution in [2.24, 2.45) is 5.84 Å². The number of aryl methyl sites for hydroxylation is 3. The number of H-pyrrole nitrogens is 1. The number of aromatic amines is 1. The minimum absolute atomic E-state index is 0.0242. The summed E-state index contributed by atoms with van der Waals surface area (Å²) in [5.74, 6) is 5.61. The molecular weight excluding hydrogens is 226 g/mol. The van der Waals surface area contributed by atoms with E-state index in [4.69, 9.17) is 5.84 Å². The van der Waals surface area contributed by atoms with Crippen molar-refractivity contribution in [1.29, 1.82) is 0 Å². The molecule has 1 aromatic heterocycles. The van der Waals surface area contributed by atoms with Crippen LogP contribution in [0.1, 0.15) is 34.0 Å². The van der Waals surface area contributed by atoms with Crippen molar-refractivity contribution in [2.45, 2.75) is 33.2 Å². The van der Waals surface area contributed by atoms with Crippen LogP contribution in [0.2, 0.25) is 0 Å². The van der Waals surface area contributed by atoms with Crippen molar-refractivity contribution < 1.29 is 0 Å². The molecule has 5 nitrogen and oxygen atoms in total. The lowest BCUT2D eigenvalue weighted by atomic mass is 9.94. The topological polar surface area (TPSA) is 79.6 Å². The number of benzene rings is 1. The molecule has 0 aliphatic rings. The highest BCUT2D eigenvalue weighted by Crippen LogP contribution is 2.22. The number of aromatic nitrogens is 3. The van der Waals surface area contributed by atoms with E-state index < -0.39 is 0 Å². The molecule has 1 heterocycles. The Morgan fingerprint density at radius 2 is 1.94 bits per heavy atom. The van der Waals surface area contributed by atoms with Gasteiger partial charge in [0.15, 0.2) is 0 Å². The van der Waals surface area contributed by atoms with Gasteiger partial charge in [0.1, 0.15) is 5.69 Å². The molecule has 0 bridgehead atoms. The lowest BCUT2D eigenvalue weighted by Gasteiger charge is -2.17. The third-order valence-electron chi connectivity index (χ3n) is 3.24. The number of rotatable bonds is 4. The summed E-state index contributed by atoms with van der Waals surface area (Å²) in [4.78, 5) is 0. The van der Waals surface area contributed by atoms with Crippen LogP contribution in [-0.4, -0.2) is 15.4 Å². The van der Waals surface area contributed by atoms with Gasteiger partial charge in [0, 0.05) is 0 Å². The molecular formula is C13H19N5. The highest BCUT2D eigenvalue weighted by atomic mass is 15.3. The number of hydrazine groups is 1. The summed E-state index contributed by atoms with van der Waals surface area (Å²) in [7, 11) is 0. The smallest absolute Gasteiger partial charge is 0.101 e. The van der Waals surface area contributed by atoms with Crippen LogP contribution in [0.25, 0.3) is 0 Å². The first kappa shape index (κ1) is 12.7. The maximum atomic E-state index is 5.61. The van der Waals surface area contributed by atoms with Gasteiger partial charge in [0.25, 0.3) is 0 Å². The monoisotopic (exact) mass is 245 g/mol. The van der Waals surface area contributed by atoms with Crippen LogP contribution in [0.15, 0.2) is 18.3 Å². The Morgan fingerprint density at radius 1 is 1.28 bits per heavy atom. The van der Waals surface area contributed by atoms with Crippen LogP contribution < -0.4 is 11.3 Å². The summed E-state index contributed by atoms with van der Waals surface area (Å²) in [6.45, 7) is 6.37. The molecule has 2 rings (SSSR count). The zero-order valence-corrected chi connectivity index (χ0v) is 11.0. The molecule has 0 aliphatic carbocycles. The molecule has 0 saturated carbocycles. The van der Waals surface area contributed by atoms with E-state index in [0.29, 0.717) is 0 Å². The van der Waals surface area contributed by atoms with Gasteiger partial charge >= 0.3 is 0 Å². The zero-order chi connectivity index (χ0) is 13.1.